The Kier molecular flexibility index (Phi) is 8.45. The minimum Gasteiger partial charge on any atom is -0.494 e. The number of benzene rings is 1. The molecule has 0 saturated heterocycles. The number of nitrogens with one attached hydrogen (secondary N) is 1. The molecule has 0 unspecified atom stereocenters. The van der Waals surface area contributed by atoms with E-state index in [4.69, 9.17) is 37.4 Å². The number of hydrogen-bond donors (Lipinski definition) is 1. The van der Waals surface area contributed by atoms with Crippen LogP contribution in [0, 0.1) is 0 Å². The van der Waals surface area contributed by atoms with Crippen LogP contribution in [0.2, 0.25) is 10.0 Å². The van der Waals surface area contributed by atoms with Gasteiger partial charge in [-0.05, 0) is 18.6 Å². The molecular weight excluding hydrogens is 317 g/mol. The summed E-state index contributed by atoms with van der Waals surface area (Å²) < 4.78 is 15.2. The van der Waals surface area contributed by atoms with Crippen molar-refractivity contribution in [1.82, 2.24) is 5.32 Å². The van der Waals surface area contributed by atoms with Gasteiger partial charge in [-0.25, -0.2) is 0 Å². The van der Waals surface area contributed by atoms with E-state index in [0.717, 1.165) is 0 Å². The third kappa shape index (κ3) is 6.09. The molecule has 1 amide bonds. The maximum atomic E-state index is 12.0. The minimum atomic E-state index is -0.238. The van der Waals surface area contributed by atoms with E-state index in [2.05, 4.69) is 5.32 Å². The molecule has 0 fully saturated rings. The van der Waals surface area contributed by atoms with Crippen LogP contribution >= 0.6 is 23.2 Å². The van der Waals surface area contributed by atoms with E-state index in [1.54, 1.807) is 7.11 Å². The number of amides is 1. The summed E-state index contributed by atoms with van der Waals surface area (Å²) in [6.07, 6.45) is 0.715. The number of methoxy groups -OCH3 is 2. The van der Waals surface area contributed by atoms with E-state index in [1.165, 1.54) is 19.2 Å². The predicted molar refractivity (Wildman–Crippen MR) is 82.7 cm³/mol. The highest BCUT2D eigenvalue weighted by Crippen LogP contribution is 2.33. The van der Waals surface area contributed by atoms with Crippen LogP contribution in [-0.4, -0.2) is 46.5 Å². The molecule has 0 atom stereocenters. The first kappa shape index (κ1) is 18.0. The summed E-state index contributed by atoms with van der Waals surface area (Å²) in [5, 5.41) is 3.38. The molecule has 0 aliphatic rings. The summed E-state index contributed by atoms with van der Waals surface area (Å²) in [5.41, 5.74) is 0.395. The van der Waals surface area contributed by atoms with Gasteiger partial charge in [-0.1, -0.05) is 23.2 Å². The van der Waals surface area contributed by atoms with Crippen molar-refractivity contribution in [2.45, 2.75) is 6.42 Å². The highest BCUT2D eigenvalue weighted by atomic mass is 35.5. The molecule has 7 heteroatoms. The fourth-order valence-corrected chi connectivity index (χ4v) is 2.25. The van der Waals surface area contributed by atoms with Gasteiger partial charge in [0.15, 0.2) is 5.75 Å². The van der Waals surface area contributed by atoms with Crippen LogP contribution < -0.4 is 10.1 Å². The Morgan fingerprint density at radius 1 is 1.14 bits per heavy atom. The zero-order valence-corrected chi connectivity index (χ0v) is 13.6. The quantitative estimate of drug-likeness (QED) is 0.705. The van der Waals surface area contributed by atoms with Crippen LogP contribution in [0.25, 0.3) is 0 Å². The van der Waals surface area contributed by atoms with Crippen LogP contribution in [0.1, 0.15) is 16.8 Å². The monoisotopic (exact) mass is 335 g/mol. The highest BCUT2D eigenvalue weighted by Gasteiger charge is 2.13. The minimum absolute atomic E-state index is 0.238. The summed E-state index contributed by atoms with van der Waals surface area (Å²) >= 11 is 12.0. The first-order chi connectivity index (χ1) is 10.1. The molecule has 0 spiro atoms. The highest BCUT2D eigenvalue weighted by molar-refractivity contribution is 6.37. The zero-order valence-electron chi connectivity index (χ0n) is 12.1. The topological polar surface area (TPSA) is 56.8 Å². The fraction of sp³-hybridized carbons (Fsp3) is 0.500. The number of ether oxygens (including phenoxy) is 3. The maximum absolute atomic E-state index is 12.0. The van der Waals surface area contributed by atoms with Gasteiger partial charge in [0.25, 0.3) is 5.91 Å². The van der Waals surface area contributed by atoms with Crippen molar-refractivity contribution < 1.29 is 19.0 Å². The third-order valence-electron chi connectivity index (χ3n) is 2.65. The molecule has 0 saturated carbocycles. The number of carbonyl (C=O) groups is 1. The largest absolute Gasteiger partial charge is 0.494 e. The Hall–Kier alpha value is -1.01. The van der Waals surface area contributed by atoms with Gasteiger partial charge < -0.3 is 19.5 Å². The number of halogens is 2. The summed E-state index contributed by atoms with van der Waals surface area (Å²) in [6, 6.07) is 3.05. The first-order valence-electron chi connectivity index (χ1n) is 6.48. The molecule has 1 rings (SSSR count). The second kappa shape index (κ2) is 9.84. The molecular formula is C14H19Cl2NO4. The Morgan fingerprint density at radius 3 is 2.38 bits per heavy atom. The second-order valence-electron chi connectivity index (χ2n) is 4.19. The van der Waals surface area contributed by atoms with Gasteiger partial charge in [-0.3, -0.25) is 4.79 Å². The maximum Gasteiger partial charge on any atom is 0.251 e. The van der Waals surface area contributed by atoms with Gasteiger partial charge in [0, 0.05) is 25.8 Å². The molecule has 0 heterocycles. The average Bonchev–Trinajstić information content (AvgIpc) is 2.45. The molecule has 1 N–H and O–H groups in total. The molecule has 0 aliphatic carbocycles. The van der Waals surface area contributed by atoms with Gasteiger partial charge in [0.05, 0.1) is 30.4 Å². The first-order valence-corrected chi connectivity index (χ1v) is 7.23. The molecule has 118 valence electrons. The van der Waals surface area contributed by atoms with Gasteiger partial charge >= 0.3 is 0 Å². The standard InChI is InChI=1S/C14H19Cl2NO4/c1-19-6-7-21-5-3-4-17-14(18)10-8-11(15)13(20-2)12(16)9-10/h8-9H,3-7H2,1-2H3,(H,17,18). The molecule has 0 aliphatic heterocycles. The number of carbonyl (C=O) groups excluding carboxylic acids is 1. The summed E-state index contributed by atoms with van der Waals surface area (Å²) in [7, 11) is 3.09. The summed E-state index contributed by atoms with van der Waals surface area (Å²) in [6.45, 7) is 2.18. The van der Waals surface area contributed by atoms with Crippen molar-refractivity contribution in [3.05, 3.63) is 27.7 Å². The summed E-state index contributed by atoms with van der Waals surface area (Å²) in [5.74, 6) is 0.125. The van der Waals surface area contributed by atoms with E-state index in [0.29, 0.717) is 54.1 Å². The van der Waals surface area contributed by atoms with Crippen LogP contribution in [0.3, 0.4) is 0 Å². The molecule has 5 nitrogen and oxygen atoms in total. The summed E-state index contributed by atoms with van der Waals surface area (Å²) in [4.78, 5) is 12.0. The van der Waals surface area contributed by atoms with E-state index in [1.807, 2.05) is 0 Å². The van der Waals surface area contributed by atoms with E-state index in [9.17, 15) is 4.79 Å². The number of rotatable bonds is 9. The predicted octanol–water partition coefficient (Wildman–Crippen LogP) is 2.78. The van der Waals surface area contributed by atoms with Gasteiger partial charge in [0.1, 0.15) is 0 Å². The van der Waals surface area contributed by atoms with Crippen molar-refractivity contribution in [2.24, 2.45) is 0 Å². The molecule has 0 bridgehead atoms. The Bertz CT molecular complexity index is 445. The van der Waals surface area contributed by atoms with Crippen molar-refractivity contribution >= 4 is 29.1 Å². The van der Waals surface area contributed by atoms with E-state index in [-0.39, 0.29) is 5.91 Å². The number of hydrogen-bond acceptors (Lipinski definition) is 4. The van der Waals surface area contributed by atoms with Crippen molar-refractivity contribution in [1.29, 1.82) is 0 Å². The van der Waals surface area contributed by atoms with Crippen LogP contribution in [-0.2, 0) is 9.47 Å². The molecule has 1 aromatic rings. The second-order valence-corrected chi connectivity index (χ2v) is 5.00. The van der Waals surface area contributed by atoms with Crippen molar-refractivity contribution in [3.63, 3.8) is 0 Å². The normalized spacial score (nSPS) is 10.5. The lowest BCUT2D eigenvalue weighted by Gasteiger charge is -2.09. The van der Waals surface area contributed by atoms with Crippen LogP contribution in [0.15, 0.2) is 12.1 Å². The lowest BCUT2D eigenvalue weighted by molar-refractivity contribution is 0.0688. The van der Waals surface area contributed by atoms with Gasteiger partial charge in [0.2, 0.25) is 0 Å². The van der Waals surface area contributed by atoms with Gasteiger partial charge in [-0.15, -0.1) is 0 Å². The van der Waals surface area contributed by atoms with E-state index >= 15 is 0 Å². The van der Waals surface area contributed by atoms with Crippen molar-refractivity contribution in [2.75, 3.05) is 40.6 Å². The van der Waals surface area contributed by atoms with Gasteiger partial charge in [-0.2, -0.15) is 0 Å². The van der Waals surface area contributed by atoms with E-state index < -0.39 is 0 Å². The zero-order chi connectivity index (χ0) is 15.7. The molecule has 0 radical (unpaired) electrons. The van der Waals surface area contributed by atoms with Crippen LogP contribution in [0.5, 0.6) is 5.75 Å². The Labute approximate surface area is 134 Å². The van der Waals surface area contributed by atoms with Crippen molar-refractivity contribution in [3.8, 4) is 5.75 Å². The molecule has 21 heavy (non-hydrogen) atoms. The average molecular weight is 336 g/mol. The Balaban J connectivity index is 2.39. The molecule has 1 aromatic carbocycles. The Morgan fingerprint density at radius 2 is 1.81 bits per heavy atom. The lowest BCUT2D eigenvalue weighted by atomic mass is 10.2. The smallest absolute Gasteiger partial charge is 0.251 e. The fourth-order valence-electron chi connectivity index (χ4n) is 1.61. The van der Waals surface area contributed by atoms with Crippen LogP contribution in [0.4, 0.5) is 0 Å². The SMILES string of the molecule is COCCOCCCNC(=O)c1cc(Cl)c(OC)c(Cl)c1. The lowest BCUT2D eigenvalue weighted by Crippen LogP contribution is -2.25. The third-order valence-corrected chi connectivity index (χ3v) is 3.21. The molecule has 0 aromatic heterocycles.